The summed E-state index contributed by atoms with van der Waals surface area (Å²) in [6.07, 6.45) is 8.37. The van der Waals surface area contributed by atoms with Crippen molar-refractivity contribution in [2.45, 2.75) is 30.7 Å². The molecule has 4 aromatic rings. The minimum atomic E-state index is -0.380. The Morgan fingerprint density at radius 1 is 1.12 bits per heavy atom. The molecule has 12 heteroatoms. The molecule has 3 saturated heterocycles. The van der Waals surface area contributed by atoms with Crippen molar-refractivity contribution in [3.8, 4) is 6.07 Å². The molecule has 6 heterocycles. The molecule has 1 amide bonds. The van der Waals surface area contributed by atoms with E-state index in [1.165, 1.54) is 5.56 Å². The van der Waals surface area contributed by atoms with Crippen LogP contribution in [-0.4, -0.2) is 99.6 Å². The topological polar surface area (TPSA) is 120 Å². The zero-order chi connectivity index (χ0) is 29.4. The summed E-state index contributed by atoms with van der Waals surface area (Å²) in [5, 5.41) is 22.3. The number of pyridine rings is 1. The number of nitrogens with zero attached hydrogens (tertiary/aromatic N) is 9. The molecular weight excluding hydrogens is 544 g/mol. The maximum atomic E-state index is 12.9. The Kier molecular flexibility index (Phi) is 7.20. The number of piperazine rings is 1. The molecule has 0 radical (unpaired) electrons. The van der Waals surface area contributed by atoms with E-state index in [1.807, 2.05) is 58.4 Å². The maximum Gasteiger partial charge on any atom is 0.253 e. The van der Waals surface area contributed by atoms with Gasteiger partial charge in [0.1, 0.15) is 5.54 Å². The molecule has 1 aromatic carbocycles. The van der Waals surface area contributed by atoms with Crippen LogP contribution in [0, 0.1) is 11.3 Å². The summed E-state index contributed by atoms with van der Waals surface area (Å²) in [6, 6.07) is 13.9. The first-order valence-corrected chi connectivity index (χ1v) is 15.0. The average molecular weight is 581 g/mol. The van der Waals surface area contributed by atoms with Crippen LogP contribution >= 0.6 is 0 Å². The van der Waals surface area contributed by atoms with Gasteiger partial charge in [-0.15, -0.1) is 5.10 Å². The number of aromatic nitrogens is 5. The van der Waals surface area contributed by atoms with E-state index in [1.54, 1.807) is 4.52 Å². The van der Waals surface area contributed by atoms with Crippen LogP contribution in [0.2, 0.25) is 0 Å². The summed E-state index contributed by atoms with van der Waals surface area (Å²) >= 11 is 0. The number of nitriles is 1. The number of hydrogen-bond acceptors (Lipinski definition) is 9. The Morgan fingerprint density at radius 3 is 2.63 bits per heavy atom. The SMILES string of the molecule is CN1CCN(C(=O)c2ccc(Nc3nc4c(N5CC(CC#N)(n6cc(C7CCOCC7)cn6)C5)cccn4n3)cc2)CC1. The Balaban J connectivity index is 1.05. The molecular formula is C31H36N10O2. The van der Waals surface area contributed by atoms with Gasteiger partial charge in [0.15, 0.2) is 5.65 Å². The van der Waals surface area contributed by atoms with Crippen molar-refractivity contribution in [3.05, 3.63) is 66.1 Å². The minimum absolute atomic E-state index is 0.0621. The molecule has 0 aliphatic carbocycles. The predicted molar refractivity (Wildman–Crippen MR) is 162 cm³/mol. The molecule has 0 unspecified atom stereocenters. The van der Waals surface area contributed by atoms with Crippen molar-refractivity contribution >= 4 is 28.9 Å². The molecule has 3 fully saturated rings. The second-order valence-electron chi connectivity index (χ2n) is 11.9. The van der Waals surface area contributed by atoms with Crippen LogP contribution < -0.4 is 10.2 Å². The number of anilines is 3. The van der Waals surface area contributed by atoms with Gasteiger partial charge in [-0.25, -0.2) is 4.52 Å². The molecule has 1 N–H and O–H groups in total. The number of carbonyl (C=O) groups is 1. The molecule has 43 heavy (non-hydrogen) atoms. The van der Waals surface area contributed by atoms with Crippen LogP contribution in [0.25, 0.3) is 5.65 Å². The first kappa shape index (κ1) is 27.4. The summed E-state index contributed by atoms with van der Waals surface area (Å²) in [5.41, 5.74) is 4.03. The van der Waals surface area contributed by atoms with E-state index in [9.17, 15) is 10.1 Å². The van der Waals surface area contributed by atoms with E-state index < -0.39 is 0 Å². The summed E-state index contributed by atoms with van der Waals surface area (Å²) in [6.45, 7) is 6.17. The molecule has 12 nitrogen and oxygen atoms in total. The van der Waals surface area contributed by atoms with E-state index in [4.69, 9.17) is 14.8 Å². The second kappa shape index (κ2) is 11.3. The van der Waals surface area contributed by atoms with Crippen LogP contribution in [0.4, 0.5) is 17.3 Å². The summed E-state index contributed by atoms with van der Waals surface area (Å²) in [4.78, 5) is 24.1. The molecule has 222 valence electrons. The molecule has 0 saturated carbocycles. The number of rotatable bonds is 7. The number of amides is 1. The highest BCUT2D eigenvalue weighted by atomic mass is 16.5. The highest BCUT2D eigenvalue weighted by Gasteiger charge is 2.46. The fraction of sp³-hybridized carbons (Fsp3) is 0.452. The number of ether oxygens (including phenoxy) is 1. The lowest BCUT2D eigenvalue weighted by molar-refractivity contribution is 0.0664. The Morgan fingerprint density at radius 2 is 1.88 bits per heavy atom. The van der Waals surface area contributed by atoms with Crippen LogP contribution in [0.1, 0.15) is 41.1 Å². The van der Waals surface area contributed by atoms with Crippen LogP contribution in [0.5, 0.6) is 0 Å². The van der Waals surface area contributed by atoms with Crippen LogP contribution in [0.3, 0.4) is 0 Å². The molecule has 0 spiro atoms. The van der Waals surface area contributed by atoms with Gasteiger partial charge in [0.25, 0.3) is 5.91 Å². The number of benzene rings is 1. The normalized spacial score (nSPS) is 19.3. The van der Waals surface area contributed by atoms with Gasteiger partial charge in [-0.2, -0.15) is 15.3 Å². The molecule has 3 aliphatic rings. The summed E-state index contributed by atoms with van der Waals surface area (Å²) in [7, 11) is 2.08. The number of carbonyl (C=O) groups excluding carboxylic acids is 1. The lowest BCUT2D eigenvalue weighted by Gasteiger charge is -2.50. The number of hydrogen-bond donors (Lipinski definition) is 1. The second-order valence-corrected chi connectivity index (χ2v) is 11.9. The van der Waals surface area contributed by atoms with Crippen molar-refractivity contribution in [1.82, 2.24) is 34.2 Å². The third-order valence-electron chi connectivity index (χ3n) is 9.02. The Hall–Kier alpha value is -4.47. The largest absolute Gasteiger partial charge is 0.381 e. The van der Waals surface area contributed by atoms with Crippen molar-refractivity contribution in [2.75, 3.05) is 69.7 Å². The van der Waals surface area contributed by atoms with Crippen LogP contribution in [-0.2, 0) is 10.3 Å². The van der Waals surface area contributed by atoms with Gasteiger partial charge in [-0.05, 0) is 67.8 Å². The average Bonchev–Trinajstić information content (AvgIpc) is 3.68. The van der Waals surface area contributed by atoms with Crippen molar-refractivity contribution < 1.29 is 9.53 Å². The number of likely N-dealkylation sites (N-methyl/N-ethyl adjacent to an activating group) is 1. The quantitative estimate of drug-likeness (QED) is 0.352. The smallest absolute Gasteiger partial charge is 0.253 e. The zero-order valence-corrected chi connectivity index (χ0v) is 24.4. The highest BCUT2D eigenvalue weighted by Crippen LogP contribution is 2.38. The monoisotopic (exact) mass is 580 g/mol. The molecule has 0 bridgehead atoms. The predicted octanol–water partition coefficient (Wildman–Crippen LogP) is 3.08. The van der Waals surface area contributed by atoms with Gasteiger partial charge in [-0.3, -0.25) is 9.48 Å². The van der Waals surface area contributed by atoms with E-state index in [-0.39, 0.29) is 11.4 Å². The van der Waals surface area contributed by atoms with E-state index in [2.05, 4.69) is 39.5 Å². The Labute approximate surface area is 250 Å². The number of nitrogens with one attached hydrogen (secondary N) is 1. The van der Waals surface area contributed by atoms with Crippen molar-refractivity contribution in [2.24, 2.45) is 0 Å². The van der Waals surface area contributed by atoms with Gasteiger partial charge in [0.05, 0.1) is 24.4 Å². The summed E-state index contributed by atoms with van der Waals surface area (Å²) in [5.74, 6) is 0.997. The molecule has 3 aromatic heterocycles. The van der Waals surface area contributed by atoms with Gasteiger partial charge < -0.3 is 24.8 Å². The van der Waals surface area contributed by atoms with Gasteiger partial charge in [0.2, 0.25) is 5.95 Å². The maximum absolute atomic E-state index is 12.9. The lowest BCUT2D eigenvalue weighted by atomic mass is 9.86. The van der Waals surface area contributed by atoms with Gasteiger partial charge >= 0.3 is 0 Å². The zero-order valence-electron chi connectivity index (χ0n) is 24.4. The standard InChI is InChI=1S/C31H36N10O2/c1-37-13-15-38(16-14-37)29(42)24-4-6-26(7-5-24)34-30-35-28-27(3-2-12-40(28)36-30)39-21-31(22-39,10-11-32)41-20-25(19-33-41)23-8-17-43-18-9-23/h2-7,12,19-20,23H,8-10,13-18,21-22H2,1H3,(H,34,36). The third-order valence-corrected chi connectivity index (χ3v) is 9.02. The fourth-order valence-corrected chi connectivity index (χ4v) is 6.37. The van der Waals surface area contributed by atoms with E-state index >= 15 is 0 Å². The number of fused-ring (bicyclic) bond motifs is 1. The first-order valence-electron chi connectivity index (χ1n) is 15.0. The first-order chi connectivity index (χ1) is 21.0. The van der Waals surface area contributed by atoms with Crippen LogP contribution in [0.15, 0.2) is 55.0 Å². The third kappa shape index (κ3) is 5.30. The summed E-state index contributed by atoms with van der Waals surface area (Å²) < 4.78 is 9.30. The molecule has 0 atom stereocenters. The van der Waals surface area contributed by atoms with E-state index in [0.717, 1.165) is 69.3 Å². The molecule has 7 rings (SSSR count). The lowest BCUT2D eigenvalue weighted by Crippen LogP contribution is -2.63. The van der Waals surface area contributed by atoms with Gasteiger partial charge in [0, 0.05) is 76.1 Å². The Bertz CT molecular complexity index is 1630. The van der Waals surface area contributed by atoms with E-state index in [0.29, 0.717) is 36.9 Å². The van der Waals surface area contributed by atoms with Gasteiger partial charge in [-0.1, -0.05) is 0 Å². The highest BCUT2D eigenvalue weighted by molar-refractivity contribution is 5.94. The molecule has 3 aliphatic heterocycles. The van der Waals surface area contributed by atoms with Crippen molar-refractivity contribution in [1.29, 1.82) is 5.26 Å². The van der Waals surface area contributed by atoms with Crippen molar-refractivity contribution in [3.63, 3.8) is 0 Å². The minimum Gasteiger partial charge on any atom is -0.381 e. The fourth-order valence-electron chi connectivity index (χ4n) is 6.37.